The molecule has 114 valence electrons. The summed E-state index contributed by atoms with van der Waals surface area (Å²) >= 11 is 0. The van der Waals surface area contributed by atoms with Crippen molar-refractivity contribution in [3.05, 3.63) is 29.8 Å². The number of aryl methyl sites for hydroxylation is 1. The maximum atomic E-state index is 13.4. The van der Waals surface area contributed by atoms with Crippen molar-refractivity contribution in [2.75, 3.05) is 0 Å². The number of halogens is 1. The second-order valence-electron chi connectivity index (χ2n) is 5.46. The van der Waals surface area contributed by atoms with Crippen LogP contribution in [-0.4, -0.2) is 15.3 Å². The molecule has 0 amide bonds. The van der Waals surface area contributed by atoms with Crippen molar-refractivity contribution >= 4 is 16.8 Å². The summed E-state index contributed by atoms with van der Waals surface area (Å²) < 4.78 is 15.3. The molecule has 1 unspecified atom stereocenters. The van der Waals surface area contributed by atoms with Crippen LogP contribution in [0.4, 0.5) is 4.39 Å². The van der Waals surface area contributed by atoms with Gasteiger partial charge in [0.15, 0.2) is 0 Å². The Morgan fingerprint density at radius 2 is 2.24 bits per heavy atom. The molecule has 0 saturated carbocycles. The van der Waals surface area contributed by atoms with Crippen LogP contribution in [0.15, 0.2) is 18.2 Å². The van der Waals surface area contributed by atoms with E-state index in [-0.39, 0.29) is 17.6 Å². The number of nitrogens with two attached hydrogens (primary N) is 1. The monoisotopic (exact) mass is 291 g/mol. The van der Waals surface area contributed by atoms with Gasteiger partial charge in [-0.15, -0.1) is 0 Å². The van der Waals surface area contributed by atoms with Crippen LogP contribution in [0, 0.1) is 5.82 Å². The van der Waals surface area contributed by atoms with Crippen LogP contribution >= 0.6 is 0 Å². The first-order valence-corrected chi connectivity index (χ1v) is 7.43. The molecule has 1 heterocycles. The standard InChI is InChI=1S/C16H22FN3O/c1-3-4-5-13(18)16-19-14-10-12(17)6-7-15(14)20(16)9-8-11(2)21/h6-7,10,13H,3-5,8-9,18H2,1-2H3. The number of nitrogens with zero attached hydrogens (tertiary/aromatic N) is 2. The lowest BCUT2D eigenvalue weighted by atomic mass is 10.1. The van der Waals surface area contributed by atoms with Crippen molar-refractivity contribution in [3.8, 4) is 0 Å². The molecule has 0 saturated heterocycles. The number of Topliss-reactive ketones (excluding diaryl/α,β-unsaturated/α-hetero) is 1. The lowest BCUT2D eigenvalue weighted by Gasteiger charge is -2.14. The molecule has 0 aliphatic heterocycles. The fourth-order valence-electron chi connectivity index (χ4n) is 2.46. The molecule has 2 rings (SSSR count). The highest BCUT2D eigenvalue weighted by Gasteiger charge is 2.17. The van der Waals surface area contributed by atoms with Gasteiger partial charge in [0.25, 0.3) is 0 Å². The predicted molar refractivity (Wildman–Crippen MR) is 81.4 cm³/mol. The van der Waals surface area contributed by atoms with Gasteiger partial charge in [0.05, 0.1) is 17.1 Å². The summed E-state index contributed by atoms with van der Waals surface area (Å²) in [6.45, 7) is 4.21. The normalized spacial score (nSPS) is 12.8. The van der Waals surface area contributed by atoms with Crippen LogP contribution in [-0.2, 0) is 11.3 Å². The molecule has 2 aromatic rings. The van der Waals surface area contributed by atoms with Crippen molar-refractivity contribution < 1.29 is 9.18 Å². The van der Waals surface area contributed by atoms with Gasteiger partial charge in [0.2, 0.25) is 0 Å². The molecule has 1 aromatic carbocycles. The van der Waals surface area contributed by atoms with E-state index in [0.29, 0.717) is 18.5 Å². The quantitative estimate of drug-likeness (QED) is 0.851. The van der Waals surface area contributed by atoms with Gasteiger partial charge in [-0.25, -0.2) is 9.37 Å². The van der Waals surface area contributed by atoms with E-state index in [4.69, 9.17) is 5.73 Å². The van der Waals surface area contributed by atoms with Crippen LogP contribution in [0.1, 0.15) is 51.4 Å². The Labute approximate surface area is 124 Å². The van der Waals surface area contributed by atoms with Crippen molar-refractivity contribution in [1.82, 2.24) is 9.55 Å². The number of carbonyl (C=O) groups excluding carboxylic acids is 1. The molecule has 5 heteroatoms. The Balaban J connectivity index is 2.40. The predicted octanol–water partition coefficient (Wildman–Crippen LogP) is 3.34. The minimum absolute atomic E-state index is 0.118. The van der Waals surface area contributed by atoms with Crippen molar-refractivity contribution in [2.45, 2.75) is 52.1 Å². The zero-order chi connectivity index (χ0) is 15.4. The third kappa shape index (κ3) is 3.67. The minimum atomic E-state index is -0.313. The molecular formula is C16H22FN3O. The second-order valence-corrected chi connectivity index (χ2v) is 5.46. The average molecular weight is 291 g/mol. The molecule has 1 aromatic heterocycles. The number of hydrogen-bond donors (Lipinski definition) is 1. The third-order valence-electron chi connectivity index (χ3n) is 3.63. The van der Waals surface area contributed by atoms with E-state index in [9.17, 15) is 9.18 Å². The zero-order valence-corrected chi connectivity index (χ0v) is 12.6. The van der Waals surface area contributed by atoms with E-state index in [1.54, 1.807) is 13.0 Å². The summed E-state index contributed by atoms with van der Waals surface area (Å²) in [5, 5.41) is 0. The number of ketones is 1. The SMILES string of the molecule is CCCCC(N)c1nc2cc(F)ccc2n1CCC(C)=O. The summed E-state index contributed by atoms with van der Waals surface area (Å²) in [6.07, 6.45) is 3.35. The summed E-state index contributed by atoms with van der Waals surface area (Å²) in [5.74, 6) is 0.546. The Kier molecular flexibility index (Phi) is 5.07. The number of imidazole rings is 1. The van der Waals surface area contributed by atoms with E-state index >= 15 is 0 Å². The molecule has 0 aliphatic rings. The maximum absolute atomic E-state index is 13.4. The first-order chi connectivity index (χ1) is 10.0. The Morgan fingerprint density at radius 1 is 1.48 bits per heavy atom. The largest absolute Gasteiger partial charge is 0.326 e. The fourth-order valence-corrected chi connectivity index (χ4v) is 2.46. The molecular weight excluding hydrogens is 269 g/mol. The zero-order valence-electron chi connectivity index (χ0n) is 12.6. The van der Waals surface area contributed by atoms with E-state index in [2.05, 4.69) is 11.9 Å². The van der Waals surface area contributed by atoms with Gasteiger partial charge in [-0.2, -0.15) is 0 Å². The number of fused-ring (bicyclic) bond motifs is 1. The van der Waals surface area contributed by atoms with Gasteiger partial charge in [-0.05, 0) is 25.5 Å². The van der Waals surface area contributed by atoms with E-state index in [0.717, 1.165) is 30.6 Å². The van der Waals surface area contributed by atoms with Gasteiger partial charge in [0, 0.05) is 19.0 Å². The van der Waals surface area contributed by atoms with E-state index in [1.807, 2.05) is 4.57 Å². The van der Waals surface area contributed by atoms with E-state index in [1.165, 1.54) is 12.1 Å². The molecule has 4 nitrogen and oxygen atoms in total. The van der Waals surface area contributed by atoms with Gasteiger partial charge in [-0.1, -0.05) is 19.8 Å². The molecule has 0 spiro atoms. The lowest BCUT2D eigenvalue weighted by Crippen LogP contribution is -2.17. The second kappa shape index (κ2) is 6.80. The minimum Gasteiger partial charge on any atom is -0.326 e. The van der Waals surface area contributed by atoms with Crippen LogP contribution < -0.4 is 5.73 Å². The highest BCUT2D eigenvalue weighted by Crippen LogP contribution is 2.24. The van der Waals surface area contributed by atoms with Gasteiger partial charge in [-0.3, -0.25) is 4.79 Å². The summed E-state index contributed by atoms with van der Waals surface area (Å²) in [5.41, 5.74) is 7.66. The van der Waals surface area contributed by atoms with Gasteiger partial charge < -0.3 is 10.3 Å². The van der Waals surface area contributed by atoms with Crippen molar-refractivity contribution in [3.63, 3.8) is 0 Å². The fraction of sp³-hybridized carbons (Fsp3) is 0.500. The Hall–Kier alpha value is -1.75. The number of benzene rings is 1. The highest BCUT2D eigenvalue weighted by atomic mass is 19.1. The lowest BCUT2D eigenvalue weighted by molar-refractivity contribution is -0.117. The summed E-state index contributed by atoms with van der Waals surface area (Å²) in [6, 6.07) is 4.34. The van der Waals surface area contributed by atoms with E-state index < -0.39 is 0 Å². The van der Waals surface area contributed by atoms with Crippen LogP contribution in [0.2, 0.25) is 0 Å². The van der Waals surface area contributed by atoms with Crippen LogP contribution in [0.3, 0.4) is 0 Å². The molecule has 0 bridgehead atoms. The number of aromatic nitrogens is 2. The van der Waals surface area contributed by atoms with Crippen LogP contribution in [0.25, 0.3) is 11.0 Å². The third-order valence-corrected chi connectivity index (χ3v) is 3.63. The Bertz CT molecular complexity index is 636. The summed E-state index contributed by atoms with van der Waals surface area (Å²) in [4.78, 5) is 15.7. The highest BCUT2D eigenvalue weighted by molar-refractivity contribution is 5.78. The topological polar surface area (TPSA) is 60.9 Å². The smallest absolute Gasteiger partial charge is 0.131 e. The van der Waals surface area contributed by atoms with Crippen molar-refractivity contribution in [2.24, 2.45) is 5.73 Å². The number of hydrogen-bond acceptors (Lipinski definition) is 3. The first kappa shape index (κ1) is 15.6. The molecule has 1 atom stereocenters. The van der Waals surface area contributed by atoms with Gasteiger partial charge in [0.1, 0.15) is 17.4 Å². The molecule has 2 N–H and O–H groups in total. The van der Waals surface area contributed by atoms with Gasteiger partial charge >= 0.3 is 0 Å². The molecule has 0 fully saturated rings. The summed E-state index contributed by atoms with van der Waals surface area (Å²) in [7, 11) is 0. The van der Waals surface area contributed by atoms with Crippen LogP contribution in [0.5, 0.6) is 0 Å². The molecule has 0 aliphatic carbocycles. The first-order valence-electron chi connectivity index (χ1n) is 7.43. The average Bonchev–Trinajstić information content (AvgIpc) is 2.80. The maximum Gasteiger partial charge on any atom is 0.131 e. The number of rotatable bonds is 7. The Morgan fingerprint density at radius 3 is 2.90 bits per heavy atom. The molecule has 21 heavy (non-hydrogen) atoms. The molecule has 0 radical (unpaired) electrons. The number of carbonyl (C=O) groups is 1. The van der Waals surface area contributed by atoms with Crippen molar-refractivity contribution in [1.29, 1.82) is 0 Å². The number of unbranched alkanes of at least 4 members (excludes halogenated alkanes) is 1.